The van der Waals surface area contributed by atoms with Crippen molar-refractivity contribution in [3.63, 3.8) is 0 Å². The molecule has 2 rings (SSSR count). The van der Waals surface area contributed by atoms with Crippen molar-refractivity contribution in [2.45, 2.75) is 24.3 Å². The van der Waals surface area contributed by atoms with E-state index in [9.17, 15) is 13.6 Å². The van der Waals surface area contributed by atoms with Gasteiger partial charge in [0.25, 0.3) is 0 Å². The first kappa shape index (κ1) is 15.6. The minimum absolute atomic E-state index is 0.0351. The number of hydrogen-bond acceptors (Lipinski definition) is 2. The number of halogens is 5. The molecule has 1 unspecified atom stereocenters. The summed E-state index contributed by atoms with van der Waals surface area (Å²) in [7, 11) is 0. The van der Waals surface area contributed by atoms with Gasteiger partial charge in [-0.05, 0) is 31.5 Å². The number of anilines is 1. The molecule has 1 N–H and O–H groups in total. The van der Waals surface area contributed by atoms with E-state index in [2.05, 4.69) is 10.1 Å². The standard InChI is InChI=1S/C12H10Cl3F2NO2/c1-11(5-12(11,14)15)9(19)18-6-2-3-8(7(13)4-6)20-10(16)17/h2-4,10H,5H2,1H3,(H,18,19). The van der Waals surface area contributed by atoms with Gasteiger partial charge in [-0.15, -0.1) is 23.2 Å². The van der Waals surface area contributed by atoms with E-state index in [4.69, 9.17) is 34.8 Å². The van der Waals surface area contributed by atoms with Crippen molar-refractivity contribution in [1.82, 2.24) is 0 Å². The van der Waals surface area contributed by atoms with Crippen molar-refractivity contribution >= 4 is 46.4 Å². The van der Waals surface area contributed by atoms with Gasteiger partial charge >= 0.3 is 6.61 Å². The van der Waals surface area contributed by atoms with Crippen LogP contribution in [0.25, 0.3) is 0 Å². The van der Waals surface area contributed by atoms with E-state index >= 15 is 0 Å². The molecule has 0 aliphatic heterocycles. The number of hydrogen-bond donors (Lipinski definition) is 1. The minimum Gasteiger partial charge on any atom is -0.433 e. The second kappa shape index (κ2) is 5.20. The molecule has 3 nitrogen and oxygen atoms in total. The summed E-state index contributed by atoms with van der Waals surface area (Å²) < 4.78 is 27.3. The molecule has 0 radical (unpaired) electrons. The molecule has 20 heavy (non-hydrogen) atoms. The Bertz CT molecular complexity index is 554. The highest BCUT2D eigenvalue weighted by Crippen LogP contribution is 2.64. The summed E-state index contributed by atoms with van der Waals surface area (Å²) in [5.41, 5.74) is -0.528. The van der Waals surface area contributed by atoms with Crippen molar-refractivity contribution in [3.05, 3.63) is 23.2 Å². The van der Waals surface area contributed by atoms with Crippen LogP contribution in [-0.2, 0) is 4.79 Å². The molecule has 8 heteroatoms. The molecular formula is C12H10Cl3F2NO2. The van der Waals surface area contributed by atoms with E-state index in [0.29, 0.717) is 12.1 Å². The molecule has 0 heterocycles. The maximum Gasteiger partial charge on any atom is 0.387 e. The third-order valence-corrected chi connectivity index (χ3v) is 4.56. The molecule has 1 amide bonds. The molecule has 1 aromatic carbocycles. The summed E-state index contributed by atoms with van der Waals surface area (Å²) in [5, 5.41) is 2.55. The number of amides is 1. The number of benzene rings is 1. The lowest BCUT2D eigenvalue weighted by Crippen LogP contribution is -2.25. The number of ether oxygens (including phenoxy) is 1. The summed E-state index contributed by atoms with van der Waals surface area (Å²) in [6, 6.07) is 3.96. The lowest BCUT2D eigenvalue weighted by molar-refractivity contribution is -0.120. The van der Waals surface area contributed by atoms with Gasteiger partial charge in [-0.1, -0.05) is 11.6 Å². The molecule has 0 saturated heterocycles. The van der Waals surface area contributed by atoms with Crippen molar-refractivity contribution in [3.8, 4) is 5.75 Å². The largest absolute Gasteiger partial charge is 0.433 e. The molecule has 0 aromatic heterocycles. The highest BCUT2D eigenvalue weighted by molar-refractivity contribution is 6.53. The van der Waals surface area contributed by atoms with Crippen molar-refractivity contribution in [2.75, 3.05) is 5.32 Å². The lowest BCUT2D eigenvalue weighted by Gasteiger charge is -2.14. The lowest BCUT2D eigenvalue weighted by atomic mass is 10.1. The smallest absolute Gasteiger partial charge is 0.387 e. The maximum atomic E-state index is 12.1. The molecule has 1 atom stereocenters. The van der Waals surface area contributed by atoms with Crippen LogP contribution in [0, 0.1) is 5.41 Å². The van der Waals surface area contributed by atoms with E-state index in [1.54, 1.807) is 6.92 Å². The summed E-state index contributed by atoms with van der Waals surface area (Å²) in [6.07, 6.45) is 0.343. The summed E-state index contributed by atoms with van der Waals surface area (Å²) in [5.74, 6) is -0.526. The van der Waals surface area contributed by atoms with E-state index in [1.807, 2.05) is 0 Å². The molecule has 1 aliphatic rings. The van der Waals surface area contributed by atoms with Crippen LogP contribution in [0.1, 0.15) is 13.3 Å². The highest BCUT2D eigenvalue weighted by Gasteiger charge is 2.67. The second-order valence-corrected chi connectivity index (χ2v) is 6.58. The van der Waals surface area contributed by atoms with Gasteiger partial charge in [-0.2, -0.15) is 8.78 Å². The fraction of sp³-hybridized carbons (Fsp3) is 0.417. The van der Waals surface area contributed by atoms with E-state index < -0.39 is 16.4 Å². The van der Waals surface area contributed by atoms with Gasteiger partial charge in [0.15, 0.2) is 0 Å². The SMILES string of the molecule is CC1(C(=O)Nc2ccc(OC(F)F)c(Cl)c2)CC1(Cl)Cl. The van der Waals surface area contributed by atoms with Gasteiger partial charge in [-0.25, -0.2) is 0 Å². The van der Waals surface area contributed by atoms with Crippen molar-refractivity contribution < 1.29 is 18.3 Å². The zero-order valence-electron chi connectivity index (χ0n) is 10.2. The number of nitrogens with one attached hydrogen (secondary N) is 1. The molecular weight excluding hydrogens is 334 g/mol. The molecule has 1 saturated carbocycles. The average molecular weight is 345 g/mol. The predicted octanol–water partition coefficient (Wildman–Crippen LogP) is 4.46. The van der Waals surface area contributed by atoms with E-state index in [0.717, 1.165) is 0 Å². The Hall–Kier alpha value is -0.780. The maximum absolute atomic E-state index is 12.1. The van der Waals surface area contributed by atoms with E-state index in [-0.39, 0.29) is 16.7 Å². The van der Waals surface area contributed by atoms with Crippen LogP contribution < -0.4 is 10.1 Å². The van der Waals surface area contributed by atoms with Gasteiger partial charge in [0.05, 0.1) is 10.4 Å². The van der Waals surface area contributed by atoms with Crippen LogP contribution in [0.3, 0.4) is 0 Å². The van der Waals surface area contributed by atoms with Crippen molar-refractivity contribution in [2.24, 2.45) is 5.41 Å². The normalized spacial score (nSPS) is 23.6. The Balaban J connectivity index is 2.08. The Morgan fingerprint density at radius 3 is 2.50 bits per heavy atom. The average Bonchev–Trinajstić information content (AvgIpc) is 2.83. The van der Waals surface area contributed by atoms with Crippen molar-refractivity contribution in [1.29, 1.82) is 0 Å². The predicted molar refractivity (Wildman–Crippen MR) is 73.9 cm³/mol. The minimum atomic E-state index is -2.97. The highest BCUT2D eigenvalue weighted by atomic mass is 35.5. The zero-order chi connectivity index (χ0) is 15.1. The second-order valence-electron chi connectivity index (χ2n) is 4.69. The molecule has 1 fully saturated rings. The molecule has 110 valence electrons. The Kier molecular flexibility index (Phi) is 4.06. The fourth-order valence-corrected chi connectivity index (χ4v) is 2.62. The summed E-state index contributed by atoms with van der Waals surface area (Å²) in [4.78, 5) is 12.0. The van der Waals surface area contributed by atoms with Gasteiger partial charge in [-0.3, -0.25) is 4.79 Å². The number of alkyl halides is 4. The van der Waals surface area contributed by atoms with Crippen LogP contribution in [0.5, 0.6) is 5.75 Å². The van der Waals surface area contributed by atoms with Gasteiger partial charge in [0.1, 0.15) is 10.1 Å². The third-order valence-electron chi connectivity index (χ3n) is 3.16. The molecule has 0 spiro atoms. The third kappa shape index (κ3) is 2.95. The Morgan fingerprint density at radius 1 is 1.45 bits per heavy atom. The van der Waals surface area contributed by atoms with Crippen LogP contribution in [-0.4, -0.2) is 16.9 Å². The first-order valence-electron chi connectivity index (χ1n) is 5.59. The fourth-order valence-electron chi connectivity index (χ4n) is 1.69. The first-order valence-corrected chi connectivity index (χ1v) is 6.73. The Morgan fingerprint density at radius 2 is 2.05 bits per heavy atom. The van der Waals surface area contributed by atoms with E-state index in [1.165, 1.54) is 18.2 Å². The molecule has 0 bridgehead atoms. The van der Waals surface area contributed by atoms with Crippen LogP contribution in [0.2, 0.25) is 5.02 Å². The monoisotopic (exact) mass is 343 g/mol. The number of carbonyl (C=O) groups is 1. The quantitative estimate of drug-likeness (QED) is 0.819. The number of carbonyl (C=O) groups excluding carboxylic acids is 1. The topological polar surface area (TPSA) is 38.3 Å². The summed E-state index contributed by atoms with van der Waals surface area (Å²) in [6.45, 7) is -1.33. The van der Waals surface area contributed by atoms with Gasteiger partial charge < -0.3 is 10.1 Å². The molecule has 1 aliphatic carbocycles. The van der Waals surface area contributed by atoms with Crippen LogP contribution >= 0.6 is 34.8 Å². The van der Waals surface area contributed by atoms with Gasteiger partial charge in [0.2, 0.25) is 5.91 Å². The zero-order valence-corrected chi connectivity index (χ0v) is 12.5. The summed E-state index contributed by atoms with van der Waals surface area (Å²) >= 11 is 17.6. The van der Waals surface area contributed by atoms with Gasteiger partial charge in [0, 0.05) is 5.69 Å². The van der Waals surface area contributed by atoms with Crippen LogP contribution in [0.4, 0.5) is 14.5 Å². The number of rotatable bonds is 4. The first-order chi connectivity index (χ1) is 9.15. The molecule has 1 aromatic rings. The Labute approximate surface area is 129 Å². The van der Waals surface area contributed by atoms with Crippen LogP contribution in [0.15, 0.2) is 18.2 Å².